The van der Waals surface area contributed by atoms with Crippen molar-refractivity contribution in [2.75, 3.05) is 11.9 Å². The average Bonchev–Trinajstić information content (AvgIpc) is 2.55. The van der Waals surface area contributed by atoms with Gasteiger partial charge in [-0.25, -0.2) is 4.39 Å². The van der Waals surface area contributed by atoms with Crippen molar-refractivity contribution >= 4 is 17.5 Å². The van der Waals surface area contributed by atoms with E-state index in [2.05, 4.69) is 10.6 Å². The number of para-hydroxylation sites is 1. The van der Waals surface area contributed by atoms with Crippen LogP contribution < -0.4 is 10.6 Å². The van der Waals surface area contributed by atoms with E-state index >= 15 is 0 Å². The summed E-state index contributed by atoms with van der Waals surface area (Å²) < 4.78 is 13.6. The number of halogens is 1. The number of hydrogen-bond donors (Lipinski definition) is 2. The van der Waals surface area contributed by atoms with Gasteiger partial charge in [-0.1, -0.05) is 36.4 Å². The fraction of sp³-hybridized carbons (Fsp3) is 0.222. The van der Waals surface area contributed by atoms with E-state index in [4.69, 9.17) is 0 Å². The second-order valence-electron chi connectivity index (χ2n) is 5.52. The highest BCUT2D eigenvalue weighted by Crippen LogP contribution is 2.31. The lowest BCUT2D eigenvalue weighted by Gasteiger charge is -2.24. The zero-order valence-corrected chi connectivity index (χ0v) is 12.5. The predicted molar refractivity (Wildman–Crippen MR) is 85.5 cm³/mol. The van der Waals surface area contributed by atoms with Crippen LogP contribution in [0.2, 0.25) is 0 Å². The molecule has 2 aromatic rings. The van der Waals surface area contributed by atoms with Crippen LogP contribution in [0.1, 0.15) is 23.5 Å². The van der Waals surface area contributed by atoms with Gasteiger partial charge in [0.05, 0.1) is 5.92 Å². The lowest BCUT2D eigenvalue weighted by Crippen LogP contribution is -2.36. The van der Waals surface area contributed by atoms with Crippen LogP contribution in [0.25, 0.3) is 0 Å². The molecule has 2 aromatic carbocycles. The Kier molecular flexibility index (Phi) is 4.37. The number of carbonyl (C=O) groups excluding carboxylic acids is 2. The summed E-state index contributed by atoms with van der Waals surface area (Å²) in [5.41, 5.74) is 2.06. The Labute approximate surface area is 133 Å². The molecule has 5 heteroatoms. The lowest BCUT2D eigenvalue weighted by molar-refractivity contribution is -0.126. The monoisotopic (exact) mass is 312 g/mol. The molecule has 1 atom stereocenters. The number of rotatable bonds is 4. The first-order chi connectivity index (χ1) is 11.1. The number of fused-ring (bicyclic) bond motifs is 1. The van der Waals surface area contributed by atoms with E-state index in [1.165, 1.54) is 6.07 Å². The van der Waals surface area contributed by atoms with Crippen molar-refractivity contribution in [2.24, 2.45) is 0 Å². The van der Waals surface area contributed by atoms with Crippen LogP contribution in [0.3, 0.4) is 0 Å². The summed E-state index contributed by atoms with van der Waals surface area (Å²) in [6.07, 6.45) is 0.543. The van der Waals surface area contributed by atoms with Gasteiger partial charge < -0.3 is 10.6 Å². The van der Waals surface area contributed by atoms with Gasteiger partial charge in [-0.05, 0) is 29.7 Å². The Morgan fingerprint density at radius 2 is 1.91 bits per heavy atom. The van der Waals surface area contributed by atoms with Crippen LogP contribution in [-0.4, -0.2) is 18.4 Å². The minimum absolute atomic E-state index is 0.128. The first kappa shape index (κ1) is 15.2. The minimum Gasteiger partial charge on any atom is -0.355 e. The number of carbonyl (C=O) groups is 2. The number of benzene rings is 2. The molecular formula is C18H17FN2O2. The summed E-state index contributed by atoms with van der Waals surface area (Å²) in [6.45, 7) is 0.333. The molecule has 3 rings (SSSR count). The van der Waals surface area contributed by atoms with Gasteiger partial charge in [0.1, 0.15) is 5.82 Å². The maximum absolute atomic E-state index is 13.6. The predicted octanol–water partition coefficient (Wildman–Crippen LogP) is 2.61. The molecule has 4 nitrogen and oxygen atoms in total. The normalized spacial score (nSPS) is 16.4. The Morgan fingerprint density at radius 3 is 2.74 bits per heavy atom. The maximum Gasteiger partial charge on any atom is 0.228 e. The smallest absolute Gasteiger partial charge is 0.228 e. The van der Waals surface area contributed by atoms with Gasteiger partial charge in [-0.15, -0.1) is 0 Å². The van der Waals surface area contributed by atoms with E-state index in [0.29, 0.717) is 24.2 Å². The Balaban J connectivity index is 1.65. The molecule has 2 N–H and O–H groups in total. The van der Waals surface area contributed by atoms with Crippen molar-refractivity contribution in [3.05, 3.63) is 65.5 Å². The molecule has 0 saturated carbocycles. The fourth-order valence-electron chi connectivity index (χ4n) is 2.79. The van der Waals surface area contributed by atoms with Crippen LogP contribution in [0, 0.1) is 5.82 Å². The third-order valence-corrected chi connectivity index (χ3v) is 3.97. The van der Waals surface area contributed by atoms with Crippen molar-refractivity contribution in [3.8, 4) is 0 Å². The molecule has 1 unspecified atom stereocenters. The molecule has 0 spiro atoms. The zero-order chi connectivity index (χ0) is 16.2. The fourth-order valence-corrected chi connectivity index (χ4v) is 2.79. The van der Waals surface area contributed by atoms with Crippen molar-refractivity contribution in [2.45, 2.75) is 18.8 Å². The summed E-state index contributed by atoms with van der Waals surface area (Å²) in [7, 11) is 0. The second kappa shape index (κ2) is 6.60. The van der Waals surface area contributed by atoms with E-state index in [-0.39, 0.29) is 24.1 Å². The number of amides is 2. The highest BCUT2D eigenvalue weighted by atomic mass is 19.1. The van der Waals surface area contributed by atoms with E-state index in [1.807, 2.05) is 18.2 Å². The van der Waals surface area contributed by atoms with Crippen LogP contribution in [0.4, 0.5) is 10.1 Å². The van der Waals surface area contributed by atoms with Gasteiger partial charge >= 0.3 is 0 Å². The minimum atomic E-state index is -0.499. The topological polar surface area (TPSA) is 58.2 Å². The van der Waals surface area contributed by atoms with Crippen molar-refractivity contribution < 1.29 is 14.0 Å². The summed E-state index contributed by atoms with van der Waals surface area (Å²) >= 11 is 0. The van der Waals surface area contributed by atoms with Gasteiger partial charge in [-0.2, -0.15) is 0 Å². The molecule has 23 heavy (non-hydrogen) atoms. The van der Waals surface area contributed by atoms with Gasteiger partial charge in [0.15, 0.2) is 0 Å². The van der Waals surface area contributed by atoms with E-state index < -0.39 is 5.92 Å². The second-order valence-corrected chi connectivity index (χ2v) is 5.52. The molecule has 2 amide bonds. The van der Waals surface area contributed by atoms with Gasteiger partial charge in [0.2, 0.25) is 11.8 Å². The highest BCUT2D eigenvalue weighted by Gasteiger charge is 2.30. The quantitative estimate of drug-likeness (QED) is 0.912. The third kappa shape index (κ3) is 3.39. The molecule has 0 bridgehead atoms. The molecule has 0 aliphatic carbocycles. The summed E-state index contributed by atoms with van der Waals surface area (Å²) in [6, 6.07) is 13.8. The van der Waals surface area contributed by atoms with E-state index in [9.17, 15) is 14.0 Å². The average molecular weight is 312 g/mol. The van der Waals surface area contributed by atoms with Crippen LogP contribution in [0.5, 0.6) is 0 Å². The molecule has 0 saturated heterocycles. The maximum atomic E-state index is 13.6. The Bertz CT molecular complexity index is 745. The largest absolute Gasteiger partial charge is 0.355 e. The SMILES string of the molecule is O=C1CC(C(=O)NCCc2ccccc2F)c2ccccc2N1. The van der Waals surface area contributed by atoms with Gasteiger partial charge in [0.25, 0.3) is 0 Å². The Morgan fingerprint density at radius 1 is 1.17 bits per heavy atom. The van der Waals surface area contributed by atoms with Crippen molar-refractivity contribution in [1.29, 1.82) is 0 Å². The number of nitrogens with one attached hydrogen (secondary N) is 2. The summed E-state index contributed by atoms with van der Waals surface area (Å²) in [5.74, 6) is -1.15. The van der Waals surface area contributed by atoms with Crippen molar-refractivity contribution in [3.63, 3.8) is 0 Å². The first-order valence-electron chi connectivity index (χ1n) is 7.55. The van der Waals surface area contributed by atoms with Gasteiger partial charge in [-0.3, -0.25) is 9.59 Å². The standard InChI is InChI=1S/C18H17FN2O2/c19-15-7-3-1-5-12(15)9-10-20-18(23)14-11-17(22)21-16-8-4-2-6-13(14)16/h1-8,14H,9-11H2,(H,20,23)(H,21,22). The molecule has 0 radical (unpaired) electrons. The van der Waals surface area contributed by atoms with E-state index in [0.717, 1.165) is 5.56 Å². The highest BCUT2D eigenvalue weighted by molar-refractivity contribution is 6.01. The lowest BCUT2D eigenvalue weighted by atomic mass is 9.90. The number of anilines is 1. The molecular weight excluding hydrogens is 295 g/mol. The van der Waals surface area contributed by atoms with Crippen LogP contribution in [0.15, 0.2) is 48.5 Å². The van der Waals surface area contributed by atoms with E-state index in [1.54, 1.807) is 24.3 Å². The molecule has 0 aromatic heterocycles. The summed E-state index contributed by atoms with van der Waals surface area (Å²) in [4.78, 5) is 24.1. The van der Waals surface area contributed by atoms with Crippen LogP contribution >= 0.6 is 0 Å². The zero-order valence-electron chi connectivity index (χ0n) is 12.5. The first-order valence-corrected chi connectivity index (χ1v) is 7.55. The van der Waals surface area contributed by atoms with Crippen LogP contribution in [-0.2, 0) is 16.0 Å². The third-order valence-electron chi connectivity index (χ3n) is 3.97. The van der Waals surface area contributed by atoms with Crippen molar-refractivity contribution in [1.82, 2.24) is 5.32 Å². The summed E-state index contributed by atoms with van der Waals surface area (Å²) in [5, 5.41) is 5.57. The molecule has 1 aliphatic rings. The molecule has 1 aliphatic heterocycles. The molecule has 1 heterocycles. The molecule has 118 valence electrons. The Hall–Kier alpha value is -2.69. The molecule has 0 fully saturated rings. The number of hydrogen-bond acceptors (Lipinski definition) is 2. The van der Waals surface area contributed by atoms with Gasteiger partial charge in [0, 0.05) is 18.7 Å².